The van der Waals surface area contributed by atoms with Gasteiger partial charge in [-0.15, -0.1) is 0 Å². The van der Waals surface area contributed by atoms with Gasteiger partial charge in [0.2, 0.25) is 0 Å². The van der Waals surface area contributed by atoms with E-state index in [1.165, 1.54) is 6.07 Å². The van der Waals surface area contributed by atoms with Gasteiger partial charge in [0.05, 0.1) is 6.04 Å². The minimum Gasteiger partial charge on any atom is -0.348 e. The van der Waals surface area contributed by atoms with Crippen molar-refractivity contribution in [1.82, 2.24) is 9.47 Å². The molecule has 2 heterocycles. The molecule has 138 valence electrons. The Hall–Kier alpha value is -3.15. The summed E-state index contributed by atoms with van der Waals surface area (Å²) in [5.41, 5.74) is 3.14. The van der Waals surface area contributed by atoms with Crippen LogP contribution in [0, 0.1) is 18.6 Å². The van der Waals surface area contributed by atoms with Gasteiger partial charge in [-0.2, -0.15) is 0 Å². The average Bonchev–Trinajstić information content (AvgIpc) is 3.12. The van der Waals surface area contributed by atoms with Gasteiger partial charge in [-0.1, -0.05) is 18.2 Å². The van der Waals surface area contributed by atoms with Crippen LogP contribution in [-0.2, 0) is 6.54 Å². The van der Waals surface area contributed by atoms with E-state index in [1.807, 2.05) is 54.1 Å². The standard InChI is InChI=1S/C21H19F2N3O/c1-14-4-2-5-16(12-14)24-21(27)26-11-10-25-9-3-6-19(25)20(26)15-7-8-17(22)18(23)13-15/h2-9,12-13,20H,10-11H2,1H3,(H,24,27)/t20-/m1/s1. The third-order valence-corrected chi connectivity index (χ3v) is 4.83. The lowest BCUT2D eigenvalue weighted by Crippen LogP contribution is -2.44. The molecule has 2 amide bonds. The van der Waals surface area contributed by atoms with E-state index in [0.717, 1.165) is 23.4 Å². The van der Waals surface area contributed by atoms with Crippen molar-refractivity contribution < 1.29 is 13.6 Å². The Labute approximate surface area is 156 Å². The number of hydrogen-bond acceptors (Lipinski definition) is 1. The molecule has 0 fully saturated rings. The molecule has 1 N–H and O–H groups in total. The van der Waals surface area contributed by atoms with Gasteiger partial charge in [0.25, 0.3) is 0 Å². The topological polar surface area (TPSA) is 37.3 Å². The minimum absolute atomic E-state index is 0.275. The van der Waals surface area contributed by atoms with Crippen LogP contribution in [0.2, 0.25) is 0 Å². The Balaban J connectivity index is 1.70. The van der Waals surface area contributed by atoms with Crippen LogP contribution in [0.15, 0.2) is 60.8 Å². The monoisotopic (exact) mass is 367 g/mol. The van der Waals surface area contributed by atoms with Crippen molar-refractivity contribution >= 4 is 11.7 Å². The number of benzene rings is 2. The Kier molecular flexibility index (Phi) is 4.39. The third kappa shape index (κ3) is 3.30. The highest BCUT2D eigenvalue weighted by molar-refractivity contribution is 5.90. The molecule has 4 nitrogen and oxygen atoms in total. The summed E-state index contributed by atoms with van der Waals surface area (Å²) in [7, 11) is 0. The second kappa shape index (κ2) is 6.87. The van der Waals surface area contributed by atoms with Crippen molar-refractivity contribution in [2.45, 2.75) is 19.5 Å². The summed E-state index contributed by atoms with van der Waals surface area (Å²) in [6.45, 7) is 3.06. The van der Waals surface area contributed by atoms with E-state index < -0.39 is 17.7 Å². The predicted molar refractivity (Wildman–Crippen MR) is 99.5 cm³/mol. The van der Waals surface area contributed by atoms with E-state index >= 15 is 0 Å². The molecule has 0 radical (unpaired) electrons. The van der Waals surface area contributed by atoms with Crippen LogP contribution in [-0.4, -0.2) is 22.0 Å². The van der Waals surface area contributed by atoms with Gasteiger partial charge >= 0.3 is 6.03 Å². The van der Waals surface area contributed by atoms with Gasteiger partial charge < -0.3 is 14.8 Å². The zero-order valence-corrected chi connectivity index (χ0v) is 14.8. The molecule has 0 spiro atoms. The number of aromatic nitrogens is 1. The average molecular weight is 367 g/mol. The lowest BCUT2D eigenvalue weighted by Gasteiger charge is -2.37. The number of nitrogens with one attached hydrogen (secondary N) is 1. The summed E-state index contributed by atoms with van der Waals surface area (Å²) < 4.78 is 29.3. The molecule has 0 saturated heterocycles. The highest BCUT2D eigenvalue weighted by Gasteiger charge is 2.32. The second-order valence-electron chi connectivity index (χ2n) is 6.70. The number of urea groups is 1. The van der Waals surface area contributed by atoms with Gasteiger partial charge in [0.1, 0.15) is 0 Å². The van der Waals surface area contributed by atoms with Crippen LogP contribution in [0.3, 0.4) is 0 Å². The summed E-state index contributed by atoms with van der Waals surface area (Å²) >= 11 is 0. The molecule has 6 heteroatoms. The fourth-order valence-electron chi connectivity index (χ4n) is 3.55. The first kappa shape index (κ1) is 17.3. The SMILES string of the molecule is Cc1cccc(NC(=O)N2CCn3cccc3[C@H]2c2ccc(F)c(F)c2)c1. The summed E-state index contributed by atoms with van der Waals surface area (Å²) in [5, 5.41) is 2.91. The second-order valence-corrected chi connectivity index (χ2v) is 6.70. The molecule has 27 heavy (non-hydrogen) atoms. The molecule has 1 atom stereocenters. The van der Waals surface area contributed by atoms with Crippen LogP contribution in [0.4, 0.5) is 19.3 Å². The van der Waals surface area contributed by atoms with Crippen LogP contribution >= 0.6 is 0 Å². The maximum absolute atomic E-state index is 13.9. The van der Waals surface area contributed by atoms with Crippen molar-refractivity contribution in [1.29, 1.82) is 0 Å². The number of fused-ring (bicyclic) bond motifs is 1. The molecule has 1 aromatic heterocycles. The quantitative estimate of drug-likeness (QED) is 0.700. The molecule has 0 bridgehead atoms. The summed E-state index contributed by atoms with van der Waals surface area (Å²) in [6.07, 6.45) is 1.93. The number of rotatable bonds is 2. The van der Waals surface area contributed by atoms with Crippen molar-refractivity contribution in [3.05, 3.63) is 89.2 Å². The summed E-state index contributed by atoms with van der Waals surface area (Å²) in [6, 6.07) is 14.4. The predicted octanol–water partition coefficient (Wildman–Crippen LogP) is 4.71. The zero-order valence-electron chi connectivity index (χ0n) is 14.8. The van der Waals surface area contributed by atoms with Gasteiger partial charge in [-0.05, 0) is 54.4 Å². The van der Waals surface area contributed by atoms with Crippen molar-refractivity contribution in [3.8, 4) is 0 Å². The van der Waals surface area contributed by atoms with Crippen molar-refractivity contribution in [2.24, 2.45) is 0 Å². The van der Waals surface area contributed by atoms with E-state index in [-0.39, 0.29) is 6.03 Å². The molecule has 0 aliphatic carbocycles. The number of carbonyl (C=O) groups excluding carboxylic acids is 1. The molecule has 3 aromatic rings. The first-order valence-corrected chi connectivity index (χ1v) is 8.77. The molecule has 1 aliphatic heterocycles. The number of amides is 2. The number of halogens is 2. The van der Waals surface area contributed by atoms with E-state index in [9.17, 15) is 13.6 Å². The van der Waals surface area contributed by atoms with E-state index in [1.54, 1.807) is 4.90 Å². The molecule has 0 unspecified atom stereocenters. The molecule has 0 saturated carbocycles. The fraction of sp³-hybridized carbons (Fsp3) is 0.190. The van der Waals surface area contributed by atoms with Gasteiger partial charge in [0.15, 0.2) is 11.6 Å². The molecule has 2 aromatic carbocycles. The zero-order chi connectivity index (χ0) is 19.0. The number of anilines is 1. The Morgan fingerprint density at radius 1 is 1.04 bits per heavy atom. The number of hydrogen-bond donors (Lipinski definition) is 1. The Bertz CT molecular complexity index is 999. The van der Waals surface area contributed by atoms with Crippen LogP contribution < -0.4 is 5.32 Å². The first-order chi connectivity index (χ1) is 13.0. The normalized spacial score (nSPS) is 16.1. The van der Waals surface area contributed by atoms with E-state index in [0.29, 0.717) is 24.3 Å². The lowest BCUT2D eigenvalue weighted by atomic mass is 10.00. The Morgan fingerprint density at radius 2 is 1.89 bits per heavy atom. The van der Waals surface area contributed by atoms with Gasteiger partial charge in [-0.3, -0.25) is 0 Å². The van der Waals surface area contributed by atoms with E-state index in [4.69, 9.17) is 0 Å². The largest absolute Gasteiger partial charge is 0.348 e. The fourth-order valence-corrected chi connectivity index (χ4v) is 3.55. The summed E-state index contributed by atoms with van der Waals surface area (Å²) in [4.78, 5) is 14.6. The van der Waals surface area contributed by atoms with E-state index in [2.05, 4.69) is 5.32 Å². The number of nitrogens with zero attached hydrogens (tertiary/aromatic N) is 2. The summed E-state index contributed by atoms with van der Waals surface area (Å²) in [5.74, 6) is -1.82. The number of aryl methyl sites for hydroxylation is 1. The van der Waals surface area contributed by atoms with Crippen LogP contribution in [0.5, 0.6) is 0 Å². The highest BCUT2D eigenvalue weighted by Crippen LogP contribution is 2.33. The Morgan fingerprint density at radius 3 is 2.67 bits per heavy atom. The maximum Gasteiger partial charge on any atom is 0.322 e. The van der Waals surface area contributed by atoms with Crippen LogP contribution in [0.1, 0.15) is 22.9 Å². The van der Waals surface area contributed by atoms with Crippen molar-refractivity contribution in [2.75, 3.05) is 11.9 Å². The lowest BCUT2D eigenvalue weighted by molar-refractivity contribution is 0.181. The van der Waals surface area contributed by atoms with Gasteiger partial charge in [-0.25, -0.2) is 13.6 Å². The number of carbonyl (C=O) groups is 1. The first-order valence-electron chi connectivity index (χ1n) is 8.77. The highest BCUT2D eigenvalue weighted by atomic mass is 19.2. The smallest absolute Gasteiger partial charge is 0.322 e. The van der Waals surface area contributed by atoms with Crippen molar-refractivity contribution in [3.63, 3.8) is 0 Å². The third-order valence-electron chi connectivity index (χ3n) is 4.83. The molecule has 1 aliphatic rings. The maximum atomic E-state index is 13.9. The van der Waals surface area contributed by atoms with Crippen LogP contribution in [0.25, 0.3) is 0 Å². The minimum atomic E-state index is -0.921. The van der Waals surface area contributed by atoms with Gasteiger partial charge in [0, 0.05) is 30.7 Å². The molecular weight excluding hydrogens is 348 g/mol. The molecule has 4 rings (SSSR count). The molecular formula is C21H19F2N3O.